The van der Waals surface area contributed by atoms with Crippen LogP contribution in [0.4, 0.5) is 0 Å². The third kappa shape index (κ3) is 4.37. The van der Waals surface area contributed by atoms with Crippen molar-refractivity contribution in [3.63, 3.8) is 0 Å². The largest absolute Gasteiger partial charge is 0.478 e. The third-order valence-electron chi connectivity index (χ3n) is 2.67. The zero-order valence-electron chi connectivity index (χ0n) is 11.2. The SMILES string of the molecule is CSc1ccccc1Oc1ccc(/C=C/C(=O)O)c(Br)c1. The molecular weight excluding hydrogens is 352 g/mol. The van der Waals surface area contributed by atoms with Crippen LogP contribution >= 0.6 is 27.7 Å². The molecule has 5 heteroatoms. The minimum atomic E-state index is -0.976. The Bertz CT molecular complexity index is 683. The molecule has 1 N–H and O–H groups in total. The molecule has 0 aliphatic carbocycles. The lowest BCUT2D eigenvalue weighted by molar-refractivity contribution is -0.131. The van der Waals surface area contributed by atoms with E-state index < -0.39 is 5.97 Å². The Hall–Kier alpha value is -1.72. The number of aliphatic carboxylic acids is 1. The van der Waals surface area contributed by atoms with Crippen LogP contribution in [0.5, 0.6) is 11.5 Å². The molecule has 2 aromatic rings. The lowest BCUT2D eigenvalue weighted by atomic mass is 10.2. The van der Waals surface area contributed by atoms with E-state index in [9.17, 15) is 4.79 Å². The lowest BCUT2D eigenvalue weighted by Crippen LogP contribution is -1.88. The van der Waals surface area contributed by atoms with E-state index in [0.717, 1.165) is 26.8 Å². The molecule has 0 aliphatic rings. The number of carboxylic acid groups (broad SMARTS) is 1. The molecule has 0 spiro atoms. The monoisotopic (exact) mass is 364 g/mol. The third-order valence-corrected chi connectivity index (χ3v) is 4.14. The highest BCUT2D eigenvalue weighted by molar-refractivity contribution is 9.10. The van der Waals surface area contributed by atoms with Gasteiger partial charge in [-0.3, -0.25) is 0 Å². The molecule has 0 aliphatic heterocycles. The Morgan fingerprint density at radius 1 is 1.29 bits per heavy atom. The Balaban J connectivity index is 2.22. The van der Waals surface area contributed by atoms with Crippen LogP contribution in [0.3, 0.4) is 0 Å². The topological polar surface area (TPSA) is 46.5 Å². The van der Waals surface area contributed by atoms with Gasteiger partial charge >= 0.3 is 5.97 Å². The van der Waals surface area contributed by atoms with E-state index in [0.29, 0.717) is 5.75 Å². The molecule has 0 heterocycles. The van der Waals surface area contributed by atoms with Gasteiger partial charge in [0.2, 0.25) is 0 Å². The first-order valence-electron chi connectivity index (χ1n) is 6.11. The molecule has 21 heavy (non-hydrogen) atoms. The molecule has 0 unspecified atom stereocenters. The molecule has 0 saturated carbocycles. The summed E-state index contributed by atoms with van der Waals surface area (Å²) in [4.78, 5) is 11.6. The first-order chi connectivity index (χ1) is 10.1. The second kappa shape index (κ2) is 7.33. The predicted molar refractivity (Wildman–Crippen MR) is 89.1 cm³/mol. The summed E-state index contributed by atoms with van der Waals surface area (Å²) >= 11 is 5.04. The van der Waals surface area contributed by atoms with Gasteiger partial charge in [0.15, 0.2) is 0 Å². The molecule has 0 fully saturated rings. The van der Waals surface area contributed by atoms with Crippen molar-refractivity contribution < 1.29 is 14.6 Å². The molecular formula is C16H13BrO3S. The summed E-state index contributed by atoms with van der Waals surface area (Å²) in [5.74, 6) is 0.512. The second-order valence-corrected chi connectivity index (χ2v) is 5.81. The van der Waals surface area contributed by atoms with Crippen LogP contribution in [0.25, 0.3) is 6.08 Å². The molecule has 0 aromatic heterocycles. The Labute approximate surface area is 135 Å². The number of carbonyl (C=O) groups is 1. The minimum absolute atomic E-state index is 0.691. The summed E-state index contributed by atoms with van der Waals surface area (Å²) in [6.07, 6.45) is 4.63. The Kier molecular flexibility index (Phi) is 5.47. The van der Waals surface area contributed by atoms with Crippen molar-refractivity contribution >= 4 is 39.7 Å². The number of halogens is 1. The van der Waals surface area contributed by atoms with Crippen molar-refractivity contribution in [3.05, 3.63) is 58.6 Å². The predicted octanol–water partition coefficient (Wildman–Crippen LogP) is 5.06. The first-order valence-corrected chi connectivity index (χ1v) is 8.13. The van der Waals surface area contributed by atoms with Gasteiger partial charge in [0.05, 0.1) is 0 Å². The number of carboxylic acids is 1. The van der Waals surface area contributed by atoms with Gasteiger partial charge in [0.1, 0.15) is 11.5 Å². The van der Waals surface area contributed by atoms with Crippen molar-refractivity contribution in [2.24, 2.45) is 0 Å². The van der Waals surface area contributed by atoms with Crippen LogP contribution in [0.15, 0.2) is 57.9 Å². The van der Waals surface area contributed by atoms with Crippen molar-refractivity contribution in [2.75, 3.05) is 6.26 Å². The smallest absolute Gasteiger partial charge is 0.328 e. The van der Waals surface area contributed by atoms with Crippen LogP contribution in [0.1, 0.15) is 5.56 Å². The molecule has 0 amide bonds. The minimum Gasteiger partial charge on any atom is -0.478 e. The summed E-state index contributed by atoms with van der Waals surface area (Å²) in [5, 5.41) is 8.64. The molecule has 3 nitrogen and oxygen atoms in total. The molecule has 2 aromatic carbocycles. The van der Waals surface area contributed by atoms with Gasteiger partial charge in [-0.15, -0.1) is 11.8 Å². The Morgan fingerprint density at radius 2 is 2.05 bits per heavy atom. The molecule has 2 rings (SSSR count). The van der Waals surface area contributed by atoms with Crippen LogP contribution < -0.4 is 4.74 Å². The zero-order chi connectivity index (χ0) is 15.2. The van der Waals surface area contributed by atoms with Gasteiger partial charge in [0.25, 0.3) is 0 Å². The van der Waals surface area contributed by atoms with Gasteiger partial charge < -0.3 is 9.84 Å². The van der Waals surface area contributed by atoms with Gasteiger partial charge in [-0.2, -0.15) is 0 Å². The van der Waals surface area contributed by atoms with E-state index in [-0.39, 0.29) is 0 Å². The van der Waals surface area contributed by atoms with Crippen molar-refractivity contribution in [3.8, 4) is 11.5 Å². The van der Waals surface area contributed by atoms with E-state index >= 15 is 0 Å². The van der Waals surface area contributed by atoms with Gasteiger partial charge in [-0.25, -0.2) is 4.79 Å². The van der Waals surface area contributed by atoms with Gasteiger partial charge in [-0.1, -0.05) is 34.1 Å². The van der Waals surface area contributed by atoms with Crippen molar-refractivity contribution in [2.45, 2.75) is 4.90 Å². The number of rotatable bonds is 5. The van der Waals surface area contributed by atoms with E-state index in [4.69, 9.17) is 9.84 Å². The maximum absolute atomic E-state index is 10.5. The van der Waals surface area contributed by atoms with Crippen molar-refractivity contribution in [1.82, 2.24) is 0 Å². The van der Waals surface area contributed by atoms with E-state index in [1.807, 2.05) is 42.7 Å². The number of hydrogen-bond acceptors (Lipinski definition) is 3. The highest BCUT2D eigenvalue weighted by Gasteiger charge is 2.05. The van der Waals surface area contributed by atoms with Gasteiger partial charge in [-0.05, 0) is 42.2 Å². The quantitative estimate of drug-likeness (QED) is 0.594. The standard InChI is InChI=1S/C16H13BrO3S/c1-21-15-5-3-2-4-14(15)20-12-8-6-11(13(17)10-12)7-9-16(18)19/h2-10H,1H3,(H,18,19)/b9-7+. The maximum atomic E-state index is 10.5. The fourth-order valence-electron chi connectivity index (χ4n) is 1.70. The molecule has 0 radical (unpaired) electrons. The van der Waals surface area contributed by atoms with E-state index in [2.05, 4.69) is 15.9 Å². The molecule has 0 bridgehead atoms. The fraction of sp³-hybridized carbons (Fsp3) is 0.0625. The fourth-order valence-corrected chi connectivity index (χ4v) is 2.71. The summed E-state index contributed by atoms with van der Waals surface area (Å²) < 4.78 is 6.65. The maximum Gasteiger partial charge on any atom is 0.328 e. The molecule has 0 atom stereocenters. The highest BCUT2D eigenvalue weighted by Crippen LogP contribution is 2.33. The number of thioether (sulfide) groups is 1. The number of para-hydroxylation sites is 1. The van der Waals surface area contributed by atoms with Crippen molar-refractivity contribution in [1.29, 1.82) is 0 Å². The second-order valence-electron chi connectivity index (χ2n) is 4.11. The molecule has 108 valence electrons. The van der Waals surface area contributed by atoms with Crippen LogP contribution in [0, 0.1) is 0 Å². The normalized spacial score (nSPS) is 10.8. The Morgan fingerprint density at radius 3 is 2.71 bits per heavy atom. The van der Waals surface area contributed by atoms with Crippen LogP contribution in [-0.2, 0) is 4.79 Å². The first kappa shape index (κ1) is 15.7. The summed E-state index contributed by atoms with van der Waals surface area (Å²) in [6, 6.07) is 13.2. The average molecular weight is 365 g/mol. The lowest BCUT2D eigenvalue weighted by Gasteiger charge is -2.10. The molecule has 0 saturated heterocycles. The highest BCUT2D eigenvalue weighted by atomic mass is 79.9. The zero-order valence-corrected chi connectivity index (χ0v) is 13.6. The summed E-state index contributed by atoms with van der Waals surface area (Å²) in [6.45, 7) is 0. The van der Waals surface area contributed by atoms with Crippen LogP contribution in [0.2, 0.25) is 0 Å². The number of hydrogen-bond donors (Lipinski definition) is 1. The van der Waals surface area contributed by atoms with Gasteiger partial charge in [0, 0.05) is 15.4 Å². The summed E-state index contributed by atoms with van der Waals surface area (Å²) in [5.41, 5.74) is 0.780. The van der Waals surface area contributed by atoms with E-state index in [1.54, 1.807) is 17.8 Å². The van der Waals surface area contributed by atoms with E-state index in [1.165, 1.54) is 6.08 Å². The average Bonchev–Trinajstić information content (AvgIpc) is 2.47. The number of benzene rings is 2. The summed E-state index contributed by atoms with van der Waals surface area (Å²) in [7, 11) is 0. The number of ether oxygens (including phenoxy) is 1. The van der Waals surface area contributed by atoms with Crippen LogP contribution in [-0.4, -0.2) is 17.3 Å².